The van der Waals surface area contributed by atoms with Crippen LogP contribution < -0.4 is 0 Å². The van der Waals surface area contributed by atoms with Gasteiger partial charge in [-0.15, -0.1) is 0 Å². The monoisotopic (exact) mass is 354 g/mol. The Kier molecular flexibility index (Phi) is 3.79. The third-order valence-corrected chi connectivity index (χ3v) is 5.52. The first-order chi connectivity index (χ1) is 12.4. The summed E-state index contributed by atoms with van der Waals surface area (Å²) in [5.74, 6) is -3.48. The van der Waals surface area contributed by atoms with E-state index in [0.717, 1.165) is 0 Å². The third kappa shape index (κ3) is 2.32. The van der Waals surface area contributed by atoms with Crippen LogP contribution in [0.1, 0.15) is 34.6 Å². The van der Waals surface area contributed by atoms with E-state index in [2.05, 4.69) is 0 Å². The smallest absolute Gasteiger partial charge is 0.303 e. The van der Waals surface area contributed by atoms with Crippen molar-refractivity contribution in [3.05, 3.63) is 47.5 Å². The average molecular weight is 354 g/mol. The molecule has 1 fully saturated rings. The van der Waals surface area contributed by atoms with Gasteiger partial charge in [0.25, 0.3) is 0 Å². The van der Waals surface area contributed by atoms with Gasteiger partial charge in [0.15, 0.2) is 11.6 Å². The predicted molar refractivity (Wildman–Crippen MR) is 89.3 cm³/mol. The van der Waals surface area contributed by atoms with Gasteiger partial charge < -0.3 is 9.47 Å². The number of hydrogen-bond acceptors (Lipinski definition) is 6. The number of esters is 2. The summed E-state index contributed by atoms with van der Waals surface area (Å²) in [6.45, 7) is 2.55. The van der Waals surface area contributed by atoms with Gasteiger partial charge >= 0.3 is 11.9 Å². The maximum Gasteiger partial charge on any atom is 0.303 e. The molecule has 1 aromatic carbocycles. The van der Waals surface area contributed by atoms with Crippen LogP contribution in [0.15, 0.2) is 36.4 Å². The molecule has 26 heavy (non-hydrogen) atoms. The molecule has 0 aliphatic heterocycles. The molecule has 0 saturated heterocycles. The van der Waals surface area contributed by atoms with Gasteiger partial charge in [0, 0.05) is 48.6 Å². The van der Waals surface area contributed by atoms with E-state index in [-0.39, 0.29) is 11.6 Å². The van der Waals surface area contributed by atoms with Gasteiger partial charge in [-0.3, -0.25) is 19.2 Å². The van der Waals surface area contributed by atoms with Crippen LogP contribution in [-0.2, 0) is 19.1 Å². The van der Waals surface area contributed by atoms with Crippen molar-refractivity contribution in [1.29, 1.82) is 0 Å². The number of Topliss-reactive ketones (excluding diaryl/α,β-unsaturated/α-hetero) is 2. The molecule has 6 heteroatoms. The van der Waals surface area contributed by atoms with E-state index < -0.39 is 47.8 Å². The molecule has 6 atom stereocenters. The van der Waals surface area contributed by atoms with E-state index in [0.29, 0.717) is 11.1 Å². The Hall–Kier alpha value is -2.76. The largest absolute Gasteiger partial charge is 0.458 e. The molecule has 0 heterocycles. The predicted octanol–water partition coefficient (Wildman–Crippen LogP) is 1.98. The molecule has 0 unspecified atom stereocenters. The summed E-state index contributed by atoms with van der Waals surface area (Å²) >= 11 is 0. The SMILES string of the molecule is CC(=O)O[C@@H]1[C@H]2C=C[C@@H]([C@H]1OC(C)=O)[C@@H]1C(=O)c3ccccc3C(=O)[C@H]21. The molecule has 1 saturated carbocycles. The second-order valence-corrected chi connectivity index (χ2v) is 7.01. The standard InChI is InChI=1S/C20H18O6/c1-9(21)25-19-13-7-8-14(20(19)26-10(2)22)16-15(13)17(23)11-5-3-4-6-12(11)18(16)24/h3-8,13-16,19-20H,1-2H3/t13-,14+,15+,16-,19-,20-/m1/s1. The van der Waals surface area contributed by atoms with E-state index in [1.54, 1.807) is 24.3 Å². The zero-order chi connectivity index (χ0) is 18.6. The van der Waals surface area contributed by atoms with Crippen molar-refractivity contribution in [2.75, 3.05) is 0 Å². The highest BCUT2D eigenvalue weighted by atomic mass is 16.6. The Morgan fingerprint density at radius 3 is 1.50 bits per heavy atom. The van der Waals surface area contributed by atoms with Gasteiger partial charge in [-0.05, 0) is 0 Å². The minimum Gasteiger partial charge on any atom is -0.458 e. The molecule has 4 aliphatic carbocycles. The number of carbonyl (C=O) groups is 4. The first kappa shape index (κ1) is 16.7. The van der Waals surface area contributed by atoms with Crippen molar-refractivity contribution in [3.8, 4) is 0 Å². The van der Waals surface area contributed by atoms with Crippen LogP contribution in [0.5, 0.6) is 0 Å². The fourth-order valence-electron chi connectivity index (χ4n) is 4.66. The minimum absolute atomic E-state index is 0.122. The second kappa shape index (κ2) is 5.90. The summed E-state index contributed by atoms with van der Waals surface area (Å²) < 4.78 is 10.9. The molecular formula is C20H18O6. The number of ether oxygens (including phenoxy) is 2. The number of ketones is 2. The van der Waals surface area contributed by atoms with Gasteiger partial charge in [-0.25, -0.2) is 0 Å². The molecular weight excluding hydrogens is 336 g/mol. The van der Waals surface area contributed by atoms with Crippen molar-refractivity contribution in [1.82, 2.24) is 0 Å². The van der Waals surface area contributed by atoms with E-state index >= 15 is 0 Å². The Morgan fingerprint density at radius 2 is 1.15 bits per heavy atom. The van der Waals surface area contributed by atoms with E-state index in [4.69, 9.17) is 9.47 Å². The third-order valence-electron chi connectivity index (χ3n) is 5.52. The number of rotatable bonds is 2. The lowest BCUT2D eigenvalue weighted by Gasteiger charge is -2.52. The molecule has 0 N–H and O–H groups in total. The Morgan fingerprint density at radius 1 is 0.769 bits per heavy atom. The summed E-state index contributed by atoms with van der Waals surface area (Å²) in [4.78, 5) is 49.4. The van der Waals surface area contributed by atoms with E-state index in [1.165, 1.54) is 13.8 Å². The lowest BCUT2D eigenvalue weighted by molar-refractivity contribution is -0.184. The zero-order valence-electron chi connectivity index (χ0n) is 14.4. The lowest BCUT2D eigenvalue weighted by atomic mass is 9.54. The van der Waals surface area contributed by atoms with Crippen molar-refractivity contribution in [2.45, 2.75) is 26.1 Å². The highest BCUT2D eigenvalue weighted by Crippen LogP contribution is 2.51. The lowest BCUT2D eigenvalue weighted by Crippen LogP contribution is -2.61. The number of carbonyl (C=O) groups excluding carboxylic acids is 4. The summed E-state index contributed by atoms with van der Waals surface area (Å²) in [6, 6.07) is 6.77. The highest BCUT2D eigenvalue weighted by Gasteiger charge is 2.61. The van der Waals surface area contributed by atoms with Crippen LogP contribution in [0, 0.1) is 23.7 Å². The highest BCUT2D eigenvalue weighted by molar-refractivity contribution is 6.16. The van der Waals surface area contributed by atoms with Crippen molar-refractivity contribution < 1.29 is 28.7 Å². The molecule has 0 amide bonds. The van der Waals surface area contributed by atoms with Crippen LogP contribution in [0.25, 0.3) is 0 Å². The van der Waals surface area contributed by atoms with Crippen molar-refractivity contribution >= 4 is 23.5 Å². The molecule has 0 aromatic heterocycles. The molecule has 4 aliphatic rings. The van der Waals surface area contributed by atoms with E-state index in [1.807, 2.05) is 12.2 Å². The normalized spacial score (nSPS) is 34.1. The Balaban J connectivity index is 1.82. The number of hydrogen-bond donors (Lipinski definition) is 0. The van der Waals surface area contributed by atoms with Crippen LogP contribution in [0.2, 0.25) is 0 Å². The second-order valence-electron chi connectivity index (χ2n) is 7.01. The summed E-state index contributed by atoms with van der Waals surface area (Å²) in [5, 5.41) is 0. The van der Waals surface area contributed by atoms with Crippen LogP contribution in [-0.4, -0.2) is 35.7 Å². The summed E-state index contributed by atoms with van der Waals surface area (Å²) in [7, 11) is 0. The van der Waals surface area contributed by atoms with Crippen LogP contribution in [0.4, 0.5) is 0 Å². The fraction of sp³-hybridized carbons (Fsp3) is 0.400. The van der Waals surface area contributed by atoms with Crippen LogP contribution >= 0.6 is 0 Å². The summed E-state index contributed by atoms with van der Waals surface area (Å²) in [6.07, 6.45) is 2.10. The molecule has 0 radical (unpaired) electrons. The van der Waals surface area contributed by atoms with E-state index in [9.17, 15) is 19.2 Å². The van der Waals surface area contributed by atoms with Gasteiger partial charge in [0.2, 0.25) is 0 Å². The molecule has 5 rings (SSSR count). The molecule has 0 spiro atoms. The molecule has 1 aromatic rings. The van der Waals surface area contributed by atoms with Gasteiger partial charge in [0.1, 0.15) is 12.2 Å². The molecule has 2 bridgehead atoms. The fourth-order valence-corrected chi connectivity index (χ4v) is 4.66. The maximum absolute atomic E-state index is 13.1. The first-order valence-corrected chi connectivity index (χ1v) is 8.60. The van der Waals surface area contributed by atoms with Crippen molar-refractivity contribution in [3.63, 3.8) is 0 Å². The average Bonchev–Trinajstić information content (AvgIpc) is 2.60. The number of fused-ring (bicyclic) bond motifs is 2. The maximum atomic E-state index is 13.1. The molecule has 134 valence electrons. The quantitative estimate of drug-likeness (QED) is 0.596. The summed E-state index contributed by atoms with van der Waals surface area (Å²) in [5.41, 5.74) is 0.815. The zero-order valence-corrected chi connectivity index (χ0v) is 14.4. The van der Waals surface area contributed by atoms with Crippen molar-refractivity contribution in [2.24, 2.45) is 23.7 Å². The van der Waals surface area contributed by atoms with Crippen LogP contribution in [0.3, 0.4) is 0 Å². The first-order valence-electron chi connectivity index (χ1n) is 8.60. The van der Waals surface area contributed by atoms with Gasteiger partial charge in [-0.1, -0.05) is 36.4 Å². The number of benzene rings is 1. The topological polar surface area (TPSA) is 86.7 Å². The van der Waals surface area contributed by atoms with Gasteiger partial charge in [-0.2, -0.15) is 0 Å². The van der Waals surface area contributed by atoms with Gasteiger partial charge in [0.05, 0.1) is 0 Å². The Labute approximate surface area is 150 Å². The Bertz CT molecular complexity index is 785. The molecule has 6 nitrogen and oxygen atoms in total. The minimum atomic E-state index is -0.769.